The zero-order valence-corrected chi connectivity index (χ0v) is 12.7. The number of nitrogen functional groups attached to an aromatic ring is 1. The van der Waals surface area contributed by atoms with Crippen molar-refractivity contribution in [3.63, 3.8) is 0 Å². The second-order valence-corrected chi connectivity index (χ2v) is 5.79. The Balaban J connectivity index is 2.42. The van der Waals surface area contributed by atoms with Crippen molar-refractivity contribution in [1.29, 1.82) is 0 Å². The lowest BCUT2D eigenvalue weighted by molar-refractivity contribution is 0.272. The van der Waals surface area contributed by atoms with Crippen molar-refractivity contribution in [2.75, 3.05) is 18.9 Å². The van der Waals surface area contributed by atoms with Crippen LogP contribution in [-0.4, -0.2) is 19.2 Å². The fraction of sp³-hybridized carbons (Fsp3) is 0.625. The predicted octanol–water partition coefficient (Wildman–Crippen LogP) is 3.23. The molecule has 0 aliphatic carbocycles. The summed E-state index contributed by atoms with van der Waals surface area (Å²) in [6, 6.07) is 6.69. The van der Waals surface area contributed by atoms with Crippen molar-refractivity contribution >= 4 is 5.69 Å². The second kappa shape index (κ2) is 8.05. The van der Waals surface area contributed by atoms with Crippen LogP contribution >= 0.6 is 0 Å². The van der Waals surface area contributed by atoms with Crippen molar-refractivity contribution in [3.8, 4) is 5.75 Å². The maximum Gasteiger partial charge on any atom is 0.142 e. The minimum absolute atomic E-state index is 0.515. The van der Waals surface area contributed by atoms with E-state index in [-0.39, 0.29) is 0 Å². The smallest absolute Gasteiger partial charge is 0.142 e. The van der Waals surface area contributed by atoms with Gasteiger partial charge in [0.15, 0.2) is 0 Å². The molecule has 1 rings (SSSR count). The summed E-state index contributed by atoms with van der Waals surface area (Å²) in [5.41, 5.74) is 8.04. The lowest BCUT2D eigenvalue weighted by Gasteiger charge is -2.12. The van der Waals surface area contributed by atoms with Gasteiger partial charge in [-0.15, -0.1) is 0 Å². The van der Waals surface area contributed by atoms with E-state index in [1.54, 1.807) is 0 Å². The van der Waals surface area contributed by atoms with Gasteiger partial charge in [-0.2, -0.15) is 0 Å². The number of nitrogens with one attached hydrogen (secondary N) is 1. The molecule has 1 aromatic rings. The van der Waals surface area contributed by atoms with Gasteiger partial charge in [-0.25, -0.2) is 0 Å². The van der Waals surface area contributed by atoms with E-state index in [2.05, 4.69) is 39.1 Å². The van der Waals surface area contributed by atoms with Gasteiger partial charge in [-0.05, 0) is 43.0 Å². The largest absolute Gasteiger partial charge is 0.491 e. The van der Waals surface area contributed by atoms with Crippen LogP contribution in [0.2, 0.25) is 0 Å². The fourth-order valence-electron chi connectivity index (χ4n) is 1.82. The molecule has 0 fully saturated rings. The number of aryl methyl sites for hydroxylation is 1. The molecule has 0 bridgehead atoms. The molecule has 1 aromatic carbocycles. The molecule has 0 unspecified atom stereocenters. The molecular formula is C16H28N2O. The van der Waals surface area contributed by atoms with Crippen LogP contribution in [0.3, 0.4) is 0 Å². The summed E-state index contributed by atoms with van der Waals surface area (Å²) in [7, 11) is 0. The molecule has 108 valence electrons. The molecule has 0 aliphatic rings. The van der Waals surface area contributed by atoms with E-state index in [9.17, 15) is 0 Å². The van der Waals surface area contributed by atoms with Crippen molar-refractivity contribution in [2.24, 2.45) is 5.92 Å². The minimum atomic E-state index is 0.515. The first-order chi connectivity index (χ1) is 8.99. The third kappa shape index (κ3) is 6.48. The van der Waals surface area contributed by atoms with Crippen molar-refractivity contribution in [2.45, 2.75) is 46.6 Å². The number of anilines is 1. The normalized spacial score (nSPS) is 11.3. The molecular weight excluding hydrogens is 236 g/mol. The minimum Gasteiger partial charge on any atom is -0.491 e. The molecule has 19 heavy (non-hydrogen) atoms. The molecule has 3 N–H and O–H groups in total. The van der Waals surface area contributed by atoms with Crippen LogP contribution in [0.15, 0.2) is 18.2 Å². The summed E-state index contributed by atoms with van der Waals surface area (Å²) < 4.78 is 5.67. The molecule has 0 atom stereocenters. The fourth-order valence-corrected chi connectivity index (χ4v) is 1.82. The van der Waals surface area contributed by atoms with E-state index in [1.807, 2.05) is 12.1 Å². The predicted molar refractivity (Wildman–Crippen MR) is 82.6 cm³/mol. The van der Waals surface area contributed by atoms with Crippen LogP contribution in [0.5, 0.6) is 5.75 Å². The number of benzene rings is 1. The highest BCUT2D eigenvalue weighted by molar-refractivity contribution is 5.54. The Morgan fingerprint density at radius 1 is 1.21 bits per heavy atom. The van der Waals surface area contributed by atoms with Crippen molar-refractivity contribution < 1.29 is 4.74 Å². The summed E-state index contributed by atoms with van der Waals surface area (Å²) in [5.74, 6) is 1.32. The van der Waals surface area contributed by atoms with Gasteiger partial charge in [-0.3, -0.25) is 0 Å². The van der Waals surface area contributed by atoms with E-state index in [1.165, 1.54) is 5.56 Å². The summed E-state index contributed by atoms with van der Waals surface area (Å²) >= 11 is 0. The third-order valence-corrected chi connectivity index (χ3v) is 2.84. The molecule has 0 saturated carbocycles. The van der Waals surface area contributed by atoms with Crippen LogP contribution in [-0.2, 0) is 6.42 Å². The standard InChI is InChI=1S/C16H28N2O/c1-12(2)11-19-16-8-7-14(10-15(16)17)6-5-9-18-13(3)4/h7-8,10,12-13,18H,5-6,9,11,17H2,1-4H3. The molecule has 0 saturated heterocycles. The number of rotatable bonds is 8. The first-order valence-electron chi connectivity index (χ1n) is 7.23. The van der Waals surface area contributed by atoms with Gasteiger partial charge in [0, 0.05) is 6.04 Å². The first kappa shape index (κ1) is 15.8. The monoisotopic (exact) mass is 264 g/mol. The molecule has 3 nitrogen and oxygen atoms in total. The van der Waals surface area contributed by atoms with Crippen LogP contribution in [0.25, 0.3) is 0 Å². The van der Waals surface area contributed by atoms with Crippen LogP contribution < -0.4 is 15.8 Å². The first-order valence-corrected chi connectivity index (χ1v) is 7.23. The quantitative estimate of drug-likeness (QED) is 0.560. The van der Waals surface area contributed by atoms with Gasteiger partial charge in [-0.1, -0.05) is 33.8 Å². The molecule has 0 heterocycles. The summed E-state index contributed by atoms with van der Waals surface area (Å²) in [6.45, 7) is 10.3. The van der Waals surface area contributed by atoms with Crippen molar-refractivity contribution in [3.05, 3.63) is 23.8 Å². The SMILES string of the molecule is CC(C)COc1ccc(CCCNC(C)C)cc1N. The van der Waals surface area contributed by atoms with Crippen LogP contribution in [0, 0.1) is 5.92 Å². The average Bonchev–Trinajstić information content (AvgIpc) is 2.33. The Labute approximate surface area is 117 Å². The lowest BCUT2D eigenvalue weighted by atomic mass is 10.1. The van der Waals surface area contributed by atoms with Gasteiger partial charge in [0.1, 0.15) is 5.75 Å². The number of ether oxygens (including phenoxy) is 1. The summed E-state index contributed by atoms with van der Waals surface area (Å²) in [4.78, 5) is 0. The Hall–Kier alpha value is -1.22. The van der Waals surface area contributed by atoms with Crippen molar-refractivity contribution in [1.82, 2.24) is 5.32 Å². The van der Waals surface area contributed by atoms with Crippen LogP contribution in [0.4, 0.5) is 5.69 Å². The van der Waals surface area contributed by atoms with E-state index >= 15 is 0 Å². The Bertz CT molecular complexity index is 375. The molecule has 0 radical (unpaired) electrons. The molecule has 0 spiro atoms. The molecule has 0 amide bonds. The Morgan fingerprint density at radius 3 is 2.53 bits per heavy atom. The number of hydrogen-bond donors (Lipinski definition) is 2. The van der Waals surface area contributed by atoms with Gasteiger partial charge >= 0.3 is 0 Å². The number of nitrogens with two attached hydrogens (primary N) is 1. The maximum absolute atomic E-state index is 6.02. The topological polar surface area (TPSA) is 47.3 Å². The average molecular weight is 264 g/mol. The van der Waals surface area contributed by atoms with E-state index in [0.29, 0.717) is 18.6 Å². The zero-order chi connectivity index (χ0) is 14.3. The summed E-state index contributed by atoms with van der Waals surface area (Å²) in [6.07, 6.45) is 2.18. The van der Waals surface area contributed by atoms with Gasteiger partial charge in [0.25, 0.3) is 0 Å². The Morgan fingerprint density at radius 2 is 1.95 bits per heavy atom. The van der Waals surface area contributed by atoms with Gasteiger partial charge in [0.05, 0.1) is 12.3 Å². The lowest BCUT2D eigenvalue weighted by Crippen LogP contribution is -2.23. The van der Waals surface area contributed by atoms with Gasteiger partial charge in [0.2, 0.25) is 0 Å². The highest BCUT2D eigenvalue weighted by Gasteiger charge is 2.03. The highest BCUT2D eigenvalue weighted by atomic mass is 16.5. The van der Waals surface area contributed by atoms with E-state index in [4.69, 9.17) is 10.5 Å². The maximum atomic E-state index is 6.02. The molecule has 0 aromatic heterocycles. The molecule has 3 heteroatoms. The number of hydrogen-bond acceptors (Lipinski definition) is 3. The summed E-state index contributed by atoms with van der Waals surface area (Å²) in [5, 5.41) is 3.42. The zero-order valence-electron chi connectivity index (χ0n) is 12.7. The third-order valence-electron chi connectivity index (χ3n) is 2.84. The van der Waals surface area contributed by atoms with E-state index < -0.39 is 0 Å². The van der Waals surface area contributed by atoms with Gasteiger partial charge < -0.3 is 15.8 Å². The van der Waals surface area contributed by atoms with E-state index in [0.717, 1.165) is 30.8 Å². The molecule has 0 aliphatic heterocycles. The second-order valence-electron chi connectivity index (χ2n) is 5.79. The highest BCUT2D eigenvalue weighted by Crippen LogP contribution is 2.23. The van der Waals surface area contributed by atoms with Crippen LogP contribution in [0.1, 0.15) is 39.7 Å². The Kier molecular flexibility index (Phi) is 6.71.